The van der Waals surface area contributed by atoms with Gasteiger partial charge in [0.1, 0.15) is 0 Å². The first-order valence-corrected chi connectivity index (χ1v) is 3.93. The first kappa shape index (κ1) is 9.75. The Morgan fingerprint density at radius 1 is 1.46 bits per heavy atom. The molecule has 1 saturated heterocycles. The van der Waals surface area contributed by atoms with Gasteiger partial charge in [0.25, 0.3) is 5.91 Å². The number of hydrazine groups is 1. The van der Waals surface area contributed by atoms with Crippen LogP contribution >= 0.6 is 0 Å². The number of urea groups is 1. The predicted molar refractivity (Wildman–Crippen MR) is 43.6 cm³/mol. The second kappa shape index (κ2) is 4.63. The summed E-state index contributed by atoms with van der Waals surface area (Å²) < 4.78 is 0. The van der Waals surface area contributed by atoms with Gasteiger partial charge in [-0.2, -0.15) is 0 Å². The fraction of sp³-hybridized carbons (Fsp3) is 0.667. The second-order valence-corrected chi connectivity index (χ2v) is 2.64. The molecule has 0 aromatic heterocycles. The molecular formula is C6H11N5O2. The minimum absolute atomic E-state index is 0.297. The first-order valence-electron chi connectivity index (χ1n) is 3.93. The lowest BCUT2D eigenvalue weighted by atomic mass is 10.2. The van der Waals surface area contributed by atoms with Gasteiger partial charge in [0.15, 0.2) is 0 Å². The maximum absolute atomic E-state index is 11.1. The van der Waals surface area contributed by atoms with E-state index in [0.717, 1.165) is 19.4 Å². The van der Waals surface area contributed by atoms with Crippen molar-refractivity contribution in [3.8, 4) is 0 Å². The van der Waals surface area contributed by atoms with Gasteiger partial charge in [0.2, 0.25) is 0 Å². The molecule has 0 unspecified atom stereocenters. The quantitative estimate of drug-likeness (QED) is 0.217. The lowest BCUT2D eigenvalue weighted by Crippen LogP contribution is -2.30. The van der Waals surface area contributed by atoms with Crippen LogP contribution in [-0.4, -0.2) is 24.5 Å². The van der Waals surface area contributed by atoms with Gasteiger partial charge in [-0.3, -0.25) is 10.2 Å². The van der Waals surface area contributed by atoms with Gasteiger partial charge in [-0.05, 0) is 19.4 Å². The van der Waals surface area contributed by atoms with Crippen LogP contribution in [0.1, 0.15) is 12.8 Å². The van der Waals surface area contributed by atoms with E-state index >= 15 is 0 Å². The molecule has 1 fully saturated rings. The third kappa shape index (κ3) is 2.88. The monoisotopic (exact) mass is 185 g/mol. The van der Waals surface area contributed by atoms with Gasteiger partial charge in [-0.25, -0.2) is 10.6 Å². The molecule has 0 aromatic carbocycles. The predicted octanol–water partition coefficient (Wildman–Crippen LogP) is -0.700. The lowest BCUT2D eigenvalue weighted by molar-refractivity contribution is -0.119. The van der Waals surface area contributed by atoms with Gasteiger partial charge in [-0.15, -0.1) is 5.11 Å². The van der Waals surface area contributed by atoms with Crippen molar-refractivity contribution in [3.63, 3.8) is 0 Å². The summed E-state index contributed by atoms with van der Waals surface area (Å²) in [5.74, 6) is 4.30. The van der Waals surface area contributed by atoms with Crippen LogP contribution in [0.4, 0.5) is 4.79 Å². The third-order valence-electron chi connectivity index (χ3n) is 1.72. The molecule has 0 bridgehead atoms. The lowest BCUT2D eigenvalue weighted by Gasteiger charge is -2.01. The molecule has 72 valence electrons. The number of rotatable bonds is 1. The molecule has 0 radical (unpaired) electrons. The van der Waals surface area contributed by atoms with Crippen molar-refractivity contribution in [2.45, 2.75) is 18.9 Å². The van der Waals surface area contributed by atoms with E-state index in [0.29, 0.717) is 0 Å². The number of amides is 3. The van der Waals surface area contributed by atoms with Crippen LogP contribution < -0.4 is 16.6 Å². The van der Waals surface area contributed by atoms with E-state index in [1.54, 1.807) is 5.43 Å². The zero-order valence-corrected chi connectivity index (χ0v) is 6.99. The highest BCUT2D eigenvalue weighted by atomic mass is 16.2. The molecule has 3 amide bonds. The third-order valence-corrected chi connectivity index (χ3v) is 1.72. The Hall–Kier alpha value is -1.34. The molecule has 1 heterocycles. The SMILES string of the molecule is NNC(=O)N=NC(=O)[C@@H]1CCCN1. The van der Waals surface area contributed by atoms with Crippen molar-refractivity contribution in [2.75, 3.05) is 6.54 Å². The highest BCUT2D eigenvalue weighted by Gasteiger charge is 2.21. The Bertz CT molecular complexity index is 233. The number of nitrogens with two attached hydrogens (primary N) is 1. The number of nitrogens with one attached hydrogen (secondary N) is 2. The molecule has 7 nitrogen and oxygen atoms in total. The Labute approximate surface area is 74.7 Å². The molecule has 4 N–H and O–H groups in total. The summed E-state index contributed by atoms with van der Waals surface area (Å²) in [6, 6.07) is -1.12. The molecule has 0 spiro atoms. The summed E-state index contributed by atoms with van der Waals surface area (Å²) >= 11 is 0. The van der Waals surface area contributed by atoms with Gasteiger partial charge in [-0.1, -0.05) is 5.11 Å². The van der Waals surface area contributed by atoms with Crippen LogP contribution in [0.2, 0.25) is 0 Å². The second-order valence-electron chi connectivity index (χ2n) is 2.64. The van der Waals surface area contributed by atoms with E-state index in [4.69, 9.17) is 5.84 Å². The number of azo groups is 1. The molecule has 0 aliphatic carbocycles. The van der Waals surface area contributed by atoms with E-state index in [9.17, 15) is 9.59 Å². The number of hydrogen-bond donors (Lipinski definition) is 3. The van der Waals surface area contributed by atoms with Crippen LogP contribution in [0, 0.1) is 0 Å². The smallest absolute Gasteiger partial charge is 0.306 e. The summed E-state index contributed by atoms with van der Waals surface area (Å²) in [5, 5.41) is 9.19. The standard InChI is InChI=1S/C6H11N5O2/c7-9-6(13)11-10-5(12)4-2-1-3-8-4/h4,8H,1-3,7H2,(H,9,13)/t4-/m0/s1. The van der Waals surface area contributed by atoms with Crippen molar-refractivity contribution < 1.29 is 9.59 Å². The topological polar surface area (TPSA) is 109 Å². The van der Waals surface area contributed by atoms with E-state index in [1.165, 1.54) is 0 Å². The number of carbonyl (C=O) groups is 2. The van der Waals surface area contributed by atoms with Crippen molar-refractivity contribution in [3.05, 3.63) is 0 Å². The fourth-order valence-corrected chi connectivity index (χ4v) is 1.09. The average Bonchev–Trinajstić information content (AvgIpc) is 2.66. The van der Waals surface area contributed by atoms with Crippen LogP contribution in [0.5, 0.6) is 0 Å². The molecule has 1 rings (SSSR count). The summed E-state index contributed by atoms with van der Waals surface area (Å²) in [5.41, 5.74) is 1.74. The van der Waals surface area contributed by atoms with Gasteiger partial charge in [0.05, 0.1) is 6.04 Å². The van der Waals surface area contributed by atoms with Crippen molar-refractivity contribution >= 4 is 11.9 Å². The molecule has 1 atom stereocenters. The fourth-order valence-electron chi connectivity index (χ4n) is 1.09. The highest BCUT2D eigenvalue weighted by Crippen LogP contribution is 2.06. The zero-order chi connectivity index (χ0) is 9.68. The molecule has 1 aliphatic rings. The number of nitrogens with zero attached hydrogens (tertiary/aromatic N) is 2. The zero-order valence-electron chi connectivity index (χ0n) is 6.99. The van der Waals surface area contributed by atoms with Crippen LogP contribution in [0.25, 0.3) is 0 Å². The van der Waals surface area contributed by atoms with Gasteiger partial charge < -0.3 is 5.32 Å². The minimum atomic E-state index is -0.827. The Balaban J connectivity index is 2.39. The molecule has 13 heavy (non-hydrogen) atoms. The summed E-state index contributed by atoms with van der Waals surface area (Å²) in [7, 11) is 0. The van der Waals surface area contributed by atoms with Crippen LogP contribution in [-0.2, 0) is 4.79 Å². The van der Waals surface area contributed by atoms with Crippen molar-refractivity contribution in [1.29, 1.82) is 0 Å². The maximum Gasteiger partial charge on any atom is 0.373 e. The molecular weight excluding hydrogens is 174 g/mol. The van der Waals surface area contributed by atoms with Gasteiger partial charge in [0, 0.05) is 0 Å². The molecule has 0 saturated carbocycles. The Morgan fingerprint density at radius 3 is 2.77 bits per heavy atom. The van der Waals surface area contributed by atoms with Crippen molar-refractivity contribution in [1.82, 2.24) is 10.7 Å². The summed E-state index contributed by atoms with van der Waals surface area (Å²) in [6.07, 6.45) is 1.68. The first-order chi connectivity index (χ1) is 6.24. The summed E-state index contributed by atoms with van der Waals surface area (Å²) in [6.45, 7) is 0.801. The Kier molecular flexibility index (Phi) is 3.47. The average molecular weight is 185 g/mol. The maximum atomic E-state index is 11.1. The van der Waals surface area contributed by atoms with E-state index in [2.05, 4.69) is 15.5 Å². The Morgan fingerprint density at radius 2 is 2.23 bits per heavy atom. The molecule has 0 aromatic rings. The van der Waals surface area contributed by atoms with Gasteiger partial charge >= 0.3 is 6.03 Å². The number of carbonyl (C=O) groups excluding carboxylic acids is 2. The van der Waals surface area contributed by atoms with E-state index < -0.39 is 11.9 Å². The molecule has 1 aliphatic heterocycles. The highest BCUT2D eigenvalue weighted by molar-refractivity contribution is 5.84. The van der Waals surface area contributed by atoms with Crippen molar-refractivity contribution in [2.24, 2.45) is 16.1 Å². The van der Waals surface area contributed by atoms with Crippen LogP contribution in [0.15, 0.2) is 10.2 Å². The summed E-state index contributed by atoms with van der Waals surface area (Å²) in [4.78, 5) is 21.6. The number of hydrogen-bond acceptors (Lipinski definition) is 4. The normalized spacial score (nSPS) is 22.1. The largest absolute Gasteiger partial charge is 0.373 e. The minimum Gasteiger partial charge on any atom is -0.306 e. The van der Waals surface area contributed by atoms with E-state index in [-0.39, 0.29) is 6.04 Å². The molecule has 7 heteroatoms. The van der Waals surface area contributed by atoms with Crippen LogP contribution in [0.3, 0.4) is 0 Å². The van der Waals surface area contributed by atoms with E-state index in [1.807, 2.05) is 0 Å².